The van der Waals surface area contributed by atoms with E-state index in [2.05, 4.69) is 11.3 Å². The molecule has 0 N–H and O–H groups in total. The van der Waals surface area contributed by atoms with E-state index < -0.39 is 12.0 Å². The van der Waals surface area contributed by atoms with Crippen LogP contribution in [0.4, 0.5) is 0 Å². The smallest absolute Gasteiger partial charge is 0.328 e. The Morgan fingerprint density at radius 3 is 2.55 bits per heavy atom. The number of ether oxygens (including phenoxy) is 3. The van der Waals surface area contributed by atoms with Crippen LogP contribution < -0.4 is 0 Å². The number of likely N-dealkylation sites (tertiary alicyclic amines) is 1. The number of amides is 1. The first kappa shape index (κ1) is 18.2. The first-order valence-electron chi connectivity index (χ1n) is 7.20. The lowest BCUT2D eigenvalue weighted by Gasteiger charge is -2.22. The molecule has 1 aliphatic heterocycles. The monoisotopic (exact) mass is 313 g/mol. The molecule has 0 aromatic rings. The zero-order chi connectivity index (χ0) is 16.5. The van der Waals surface area contributed by atoms with Crippen LogP contribution in [0.1, 0.15) is 25.7 Å². The molecule has 0 aromatic heterocycles. The third kappa shape index (κ3) is 5.14. The molecule has 1 saturated heterocycles. The summed E-state index contributed by atoms with van der Waals surface area (Å²) in [7, 11) is 2.60. The minimum absolute atomic E-state index is 0.176. The maximum atomic E-state index is 12.3. The fourth-order valence-electron chi connectivity index (χ4n) is 2.39. The number of methoxy groups -OCH3 is 2. The lowest BCUT2D eigenvalue weighted by Crippen LogP contribution is -2.41. The molecule has 0 aliphatic carbocycles. The van der Waals surface area contributed by atoms with E-state index in [-0.39, 0.29) is 30.8 Å². The second-order valence-corrected chi connectivity index (χ2v) is 4.99. The van der Waals surface area contributed by atoms with Gasteiger partial charge in [-0.05, 0) is 6.42 Å². The Labute approximate surface area is 130 Å². The van der Waals surface area contributed by atoms with Crippen molar-refractivity contribution in [3.8, 4) is 0 Å². The van der Waals surface area contributed by atoms with E-state index in [1.807, 2.05) is 0 Å². The van der Waals surface area contributed by atoms with Crippen LogP contribution in [0.25, 0.3) is 0 Å². The van der Waals surface area contributed by atoms with Crippen LogP contribution >= 0.6 is 0 Å². The van der Waals surface area contributed by atoms with Crippen LogP contribution in [0.5, 0.6) is 0 Å². The van der Waals surface area contributed by atoms with Gasteiger partial charge in [0.2, 0.25) is 5.91 Å². The summed E-state index contributed by atoms with van der Waals surface area (Å²) in [5.41, 5.74) is 0. The third-order valence-electron chi connectivity index (χ3n) is 3.51. The van der Waals surface area contributed by atoms with Gasteiger partial charge < -0.3 is 19.1 Å². The first-order chi connectivity index (χ1) is 10.5. The standard InChI is InChI=1S/C15H23NO6/c1-4-8-22-11-9-12(15(19)21-3)16(10-11)13(17)6-5-7-14(18)20-2/h4,11-12H,1,5-10H2,2-3H3/t11?,12-/m0/s1. The second-order valence-electron chi connectivity index (χ2n) is 4.99. The van der Waals surface area contributed by atoms with Crippen molar-refractivity contribution in [2.24, 2.45) is 0 Å². The minimum Gasteiger partial charge on any atom is -0.469 e. The molecule has 0 spiro atoms. The van der Waals surface area contributed by atoms with Crippen molar-refractivity contribution < 1.29 is 28.6 Å². The number of nitrogens with zero attached hydrogens (tertiary/aromatic N) is 1. The fourth-order valence-corrected chi connectivity index (χ4v) is 2.39. The van der Waals surface area contributed by atoms with Gasteiger partial charge in [0.1, 0.15) is 6.04 Å². The molecule has 1 heterocycles. The van der Waals surface area contributed by atoms with Crippen molar-refractivity contribution in [2.45, 2.75) is 37.8 Å². The van der Waals surface area contributed by atoms with Gasteiger partial charge in [0.15, 0.2) is 0 Å². The van der Waals surface area contributed by atoms with Gasteiger partial charge in [-0.3, -0.25) is 9.59 Å². The maximum Gasteiger partial charge on any atom is 0.328 e. The molecule has 7 heteroatoms. The summed E-state index contributed by atoms with van der Waals surface area (Å²) in [5, 5.41) is 0. The zero-order valence-corrected chi connectivity index (χ0v) is 13.1. The highest BCUT2D eigenvalue weighted by Crippen LogP contribution is 2.23. The van der Waals surface area contributed by atoms with E-state index >= 15 is 0 Å². The van der Waals surface area contributed by atoms with Gasteiger partial charge in [-0.1, -0.05) is 6.08 Å². The quantitative estimate of drug-likeness (QED) is 0.484. The van der Waals surface area contributed by atoms with Crippen LogP contribution in [0.3, 0.4) is 0 Å². The first-order valence-corrected chi connectivity index (χ1v) is 7.20. The van der Waals surface area contributed by atoms with E-state index in [1.165, 1.54) is 19.1 Å². The highest BCUT2D eigenvalue weighted by Gasteiger charge is 2.40. The summed E-state index contributed by atoms with van der Waals surface area (Å²) in [6.45, 7) is 4.27. The summed E-state index contributed by atoms with van der Waals surface area (Å²) in [5.74, 6) is -0.999. The summed E-state index contributed by atoms with van der Waals surface area (Å²) in [6.07, 6.45) is 2.55. The molecule has 1 amide bonds. The highest BCUT2D eigenvalue weighted by atomic mass is 16.5. The highest BCUT2D eigenvalue weighted by molar-refractivity contribution is 5.85. The van der Waals surface area contributed by atoms with Gasteiger partial charge in [0.25, 0.3) is 0 Å². The fraction of sp³-hybridized carbons (Fsp3) is 0.667. The van der Waals surface area contributed by atoms with Crippen molar-refractivity contribution >= 4 is 17.8 Å². The lowest BCUT2D eigenvalue weighted by molar-refractivity contribution is -0.151. The zero-order valence-electron chi connectivity index (χ0n) is 13.1. The van der Waals surface area contributed by atoms with E-state index in [9.17, 15) is 14.4 Å². The number of carbonyl (C=O) groups is 3. The topological polar surface area (TPSA) is 82.1 Å². The Morgan fingerprint density at radius 2 is 1.95 bits per heavy atom. The maximum absolute atomic E-state index is 12.3. The summed E-state index contributed by atoms with van der Waals surface area (Å²) in [4.78, 5) is 36.6. The van der Waals surface area contributed by atoms with Crippen molar-refractivity contribution in [3.05, 3.63) is 12.7 Å². The van der Waals surface area contributed by atoms with E-state index in [0.29, 0.717) is 26.0 Å². The van der Waals surface area contributed by atoms with Crippen LogP contribution in [-0.2, 0) is 28.6 Å². The van der Waals surface area contributed by atoms with Crippen molar-refractivity contribution in [2.75, 3.05) is 27.4 Å². The molecule has 22 heavy (non-hydrogen) atoms. The summed E-state index contributed by atoms with van der Waals surface area (Å²) < 4.78 is 14.8. The number of carbonyl (C=O) groups excluding carboxylic acids is 3. The van der Waals surface area contributed by atoms with Crippen LogP contribution in [0.15, 0.2) is 12.7 Å². The van der Waals surface area contributed by atoms with Crippen LogP contribution in [0.2, 0.25) is 0 Å². The van der Waals surface area contributed by atoms with Gasteiger partial charge in [-0.2, -0.15) is 0 Å². The molecule has 2 atom stereocenters. The average Bonchev–Trinajstić information content (AvgIpc) is 2.96. The van der Waals surface area contributed by atoms with Gasteiger partial charge in [-0.15, -0.1) is 6.58 Å². The molecule has 1 unspecified atom stereocenters. The van der Waals surface area contributed by atoms with E-state index in [1.54, 1.807) is 6.08 Å². The molecule has 124 valence electrons. The third-order valence-corrected chi connectivity index (χ3v) is 3.51. The Hall–Kier alpha value is -1.89. The van der Waals surface area contributed by atoms with Gasteiger partial charge in [0, 0.05) is 25.8 Å². The van der Waals surface area contributed by atoms with E-state index in [4.69, 9.17) is 9.47 Å². The molecular formula is C15H23NO6. The Kier molecular flexibility index (Phi) is 7.59. The number of hydrogen-bond acceptors (Lipinski definition) is 6. The lowest BCUT2D eigenvalue weighted by atomic mass is 10.2. The van der Waals surface area contributed by atoms with Gasteiger partial charge in [-0.25, -0.2) is 4.79 Å². The molecule has 0 radical (unpaired) electrons. The summed E-state index contributed by atoms with van der Waals surface area (Å²) in [6, 6.07) is -0.634. The molecule has 0 saturated carbocycles. The molecule has 1 rings (SSSR count). The van der Waals surface area contributed by atoms with E-state index in [0.717, 1.165) is 0 Å². The SMILES string of the molecule is C=CCOC1C[C@@H](C(=O)OC)N(C(=O)CCCC(=O)OC)C1. The van der Waals surface area contributed by atoms with Crippen LogP contribution in [0, 0.1) is 0 Å². The molecular weight excluding hydrogens is 290 g/mol. The molecule has 1 fully saturated rings. The van der Waals surface area contributed by atoms with Crippen molar-refractivity contribution in [1.29, 1.82) is 0 Å². The van der Waals surface area contributed by atoms with Crippen molar-refractivity contribution in [1.82, 2.24) is 4.90 Å². The molecule has 0 aromatic carbocycles. The Morgan fingerprint density at radius 1 is 1.23 bits per heavy atom. The molecule has 0 bridgehead atoms. The number of esters is 2. The average molecular weight is 313 g/mol. The molecule has 1 aliphatic rings. The van der Waals surface area contributed by atoms with Gasteiger partial charge in [0.05, 0.1) is 26.9 Å². The second kappa shape index (κ2) is 9.19. The minimum atomic E-state index is -0.634. The molecule has 7 nitrogen and oxygen atoms in total. The predicted octanol–water partition coefficient (Wildman–Crippen LogP) is 0.675. The Balaban J connectivity index is 2.58. The number of hydrogen-bond donors (Lipinski definition) is 0. The van der Waals surface area contributed by atoms with Gasteiger partial charge >= 0.3 is 11.9 Å². The van der Waals surface area contributed by atoms with Crippen LogP contribution in [-0.4, -0.2) is 62.3 Å². The Bertz CT molecular complexity index is 422. The number of rotatable bonds is 8. The van der Waals surface area contributed by atoms with Crippen molar-refractivity contribution in [3.63, 3.8) is 0 Å². The predicted molar refractivity (Wildman–Crippen MR) is 77.9 cm³/mol. The summed E-state index contributed by atoms with van der Waals surface area (Å²) >= 11 is 0. The normalized spacial score (nSPS) is 20.5. The largest absolute Gasteiger partial charge is 0.469 e.